The van der Waals surface area contributed by atoms with Crippen LogP contribution in [0.3, 0.4) is 0 Å². The Morgan fingerprint density at radius 2 is 2.11 bits per heavy atom. The number of nitrogens with zero attached hydrogens (tertiary/aromatic N) is 1. The minimum Gasteiger partial charge on any atom is -0.398 e. The molecule has 0 heterocycles. The number of hydrogen-bond acceptors (Lipinski definition) is 3. The lowest BCUT2D eigenvalue weighted by atomic mass is 10.1. The largest absolute Gasteiger partial charge is 0.398 e. The molecule has 0 bridgehead atoms. The monoisotopic (exact) mass is 264 g/mol. The van der Waals surface area contributed by atoms with Crippen molar-refractivity contribution in [2.45, 2.75) is 38.8 Å². The number of nitrogens with two attached hydrogens (primary N) is 1. The zero-order valence-corrected chi connectivity index (χ0v) is 12.1. The van der Waals surface area contributed by atoms with Crippen LogP contribution in [-0.2, 0) is 6.54 Å². The fourth-order valence-electron chi connectivity index (χ4n) is 2.24. The molecule has 1 aliphatic carbocycles. The van der Waals surface area contributed by atoms with Crippen LogP contribution in [0.2, 0.25) is 0 Å². The lowest BCUT2D eigenvalue weighted by Crippen LogP contribution is -2.27. The van der Waals surface area contributed by atoms with Crippen LogP contribution in [0, 0.1) is 0 Å². The summed E-state index contributed by atoms with van der Waals surface area (Å²) >= 11 is 2.04. The van der Waals surface area contributed by atoms with Crippen LogP contribution in [0.1, 0.15) is 31.7 Å². The predicted molar refractivity (Wildman–Crippen MR) is 81.9 cm³/mol. The average molecular weight is 264 g/mol. The van der Waals surface area contributed by atoms with E-state index in [2.05, 4.69) is 24.0 Å². The van der Waals surface area contributed by atoms with Gasteiger partial charge in [0.1, 0.15) is 0 Å². The normalized spacial score (nSPS) is 15.2. The van der Waals surface area contributed by atoms with Gasteiger partial charge >= 0.3 is 0 Å². The lowest BCUT2D eigenvalue weighted by Gasteiger charge is -2.22. The molecule has 1 fully saturated rings. The van der Waals surface area contributed by atoms with Crippen LogP contribution in [-0.4, -0.2) is 29.0 Å². The van der Waals surface area contributed by atoms with E-state index in [1.165, 1.54) is 42.9 Å². The maximum atomic E-state index is 6.03. The van der Waals surface area contributed by atoms with Crippen LogP contribution in [0.4, 0.5) is 5.69 Å². The smallest absolute Gasteiger partial charge is 0.0359 e. The number of para-hydroxylation sites is 1. The third kappa shape index (κ3) is 4.21. The second kappa shape index (κ2) is 7.05. The highest BCUT2D eigenvalue weighted by molar-refractivity contribution is 7.99. The summed E-state index contributed by atoms with van der Waals surface area (Å²) in [5.41, 5.74) is 8.26. The molecule has 0 spiro atoms. The van der Waals surface area contributed by atoms with Gasteiger partial charge in [0.05, 0.1) is 0 Å². The van der Waals surface area contributed by atoms with Crippen molar-refractivity contribution < 1.29 is 0 Å². The SMILES string of the molecule is CCSCCCN(Cc1ccccc1N)C1CC1. The van der Waals surface area contributed by atoms with Gasteiger partial charge in [-0.3, -0.25) is 4.90 Å². The summed E-state index contributed by atoms with van der Waals surface area (Å²) in [7, 11) is 0. The minimum atomic E-state index is 0.816. The Morgan fingerprint density at radius 3 is 2.78 bits per heavy atom. The molecule has 1 aromatic carbocycles. The van der Waals surface area contributed by atoms with Gasteiger partial charge < -0.3 is 5.73 Å². The van der Waals surface area contributed by atoms with Crippen molar-refractivity contribution in [1.82, 2.24) is 4.90 Å². The number of thioether (sulfide) groups is 1. The Balaban J connectivity index is 1.84. The lowest BCUT2D eigenvalue weighted by molar-refractivity contribution is 0.256. The second-order valence-electron chi connectivity index (χ2n) is 4.95. The molecule has 1 saturated carbocycles. The van der Waals surface area contributed by atoms with E-state index in [1.807, 2.05) is 23.9 Å². The molecule has 0 aliphatic heterocycles. The van der Waals surface area contributed by atoms with Gasteiger partial charge in [0.2, 0.25) is 0 Å². The highest BCUT2D eigenvalue weighted by Crippen LogP contribution is 2.29. The zero-order valence-electron chi connectivity index (χ0n) is 11.3. The summed E-state index contributed by atoms with van der Waals surface area (Å²) in [5.74, 6) is 2.51. The summed E-state index contributed by atoms with van der Waals surface area (Å²) in [6.07, 6.45) is 4.03. The summed E-state index contributed by atoms with van der Waals surface area (Å²) < 4.78 is 0. The van der Waals surface area contributed by atoms with Gasteiger partial charge in [-0.15, -0.1) is 0 Å². The van der Waals surface area contributed by atoms with Crippen LogP contribution >= 0.6 is 11.8 Å². The van der Waals surface area contributed by atoms with E-state index in [1.54, 1.807) is 0 Å². The van der Waals surface area contributed by atoms with E-state index in [9.17, 15) is 0 Å². The van der Waals surface area contributed by atoms with Gasteiger partial charge in [0, 0.05) is 18.3 Å². The predicted octanol–water partition coefficient (Wildman–Crippen LogP) is 3.38. The maximum Gasteiger partial charge on any atom is 0.0359 e. The van der Waals surface area contributed by atoms with Crippen molar-refractivity contribution in [2.24, 2.45) is 0 Å². The van der Waals surface area contributed by atoms with Gasteiger partial charge in [-0.2, -0.15) is 11.8 Å². The van der Waals surface area contributed by atoms with E-state index >= 15 is 0 Å². The molecule has 0 saturated heterocycles. The number of anilines is 1. The first-order valence-corrected chi connectivity index (χ1v) is 8.12. The molecule has 2 rings (SSSR count). The van der Waals surface area contributed by atoms with Crippen LogP contribution in [0.25, 0.3) is 0 Å². The third-order valence-electron chi connectivity index (χ3n) is 3.43. The molecule has 2 N–H and O–H groups in total. The van der Waals surface area contributed by atoms with Crippen LogP contribution in [0.15, 0.2) is 24.3 Å². The summed E-state index contributed by atoms with van der Waals surface area (Å²) in [6.45, 7) is 4.47. The highest BCUT2D eigenvalue weighted by atomic mass is 32.2. The van der Waals surface area contributed by atoms with Crippen molar-refractivity contribution in [3.05, 3.63) is 29.8 Å². The number of benzene rings is 1. The topological polar surface area (TPSA) is 29.3 Å². The average Bonchev–Trinajstić information content (AvgIpc) is 3.20. The van der Waals surface area contributed by atoms with Gasteiger partial charge in [-0.25, -0.2) is 0 Å². The van der Waals surface area contributed by atoms with Crippen molar-refractivity contribution in [1.29, 1.82) is 0 Å². The molecule has 0 atom stereocenters. The molecule has 100 valence electrons. The van der Waals surface area contributed by atoms with Crippen LogP contribution in [0.5, 0.6) is 0 Å². The third-order valence-corrected chi connectivity index (χ3v) is 4.42. The standard InChI is InChI=1S/C15H24N2S/c1-2-18-11-5-10-17(14-8-9-14)12-13-6-3-4-7-15(13)16/h3-4,6-7,14H,2,5,8-12,16H2,1H3. The van der Waals surface area contributed by atoms with Crippen molar-refractivity contribution in [2.75, 3.05) is 23.8 Å². The fourth-order valence-corrected chi connectivity index (χ4v) is 2.86. The molecular weight excluding hydrogens is 240 g/mol. The first kappa shape index (κ1) is 13.8. The Hall–Kier alpha value is -0.670. The van der Waals surface area contributed by atoms with E-state index < -0.39 is 0 Å². The van der Waals surface area contributed by atoms with Crippen molar-refractivity contribution in [3.8, 4) is 0 Å². The Bertz CT molecular complexity index is 363. The minimum absolute atomic E-state index is 0.816. The Morgan fingerprint density at radius 1 is 1.33 bits per heavy atom. The van der Waals surface area contributed by atoms with E-state index in [0.717, 1.165) is 18.3 Å². The molecule has 2 nitrogen and oxygen atoms in total. The van der Waals surface area contributed by atoms with Gasteiger partial charge in [0.15, 0.2) is 0 Å². The Kier molecular flexibility index (Phi) is 5.39. The van der Waals surface area contributed by atoms with E-state index in [0.29, 0.717) is 0 Å². The highest BCUT2D eigenvalue weighted by Gasteiger charge is 2.28. The molecule has 1 aliphatic rings. The molecule has 0 aromatic heterocycles. The zero-order chi connectivity index (χ0) is 12.8. The molecule has 0 unspecified atom stereocenters. The van der Waals surface area contributed by atoms with Gasteiger partial charge in [0.25, 0.3) is 0 Å². The number of nitrogen functional groups attached to an aromatic ring is 1. The molecule has 0 radical (unpaired) electrons. The molecule has 1 aromatic rings. The van der Waals surface area contributed by atoms with Gasteiger partial charge in [-0.05, 0) is 48.9 Å². The quantitative estimate of drug-likeness (QED) is 0.576. The molecule has 0 amide bonds. The second-order valence-corrected chi connectivity index (χ2v) is 6.34. The molecule has 3 heteroatoms. The van der Waals surface area contributed by atoms with Gasteiger partial charge in [-0.1, -0.05) is 25.1 Å². The van der Waals surface area contributed by atoms with Crippen molar-refractivity contribution in [3.63, 3.8) is 0 Å². The summed E-state index contributed by atoms with van der Waals surface area (Å²) in [6, 6.07) is 9.08. The van der Waals surface area contributed by atoms with Crippen molar-refractivity contribution >= 4 is 17.4 Å². The fraction of sp³-hybridized carbons (Fsp3) is 0.600. The maximum absolute atomic E-state index is 6.03. The van der Waals surface area contributed by atoms with Crippen LogP contribution < -0.4 is 5.73 Å². The van der Waals surface area contributed by atoms with E-state index in [-0.39, 0.29) is 0 Å². The number of hydrogen-bond donors (Lipinski definition) is 1. The molecular formula is C15H24N2S. The molecule has 18 heavy (non-hydrogen) atoms. The Labute approximate surface area is 115 Å². The van der Waals surface area contributed by atoms with E-state index in [4.69, 9.17) is 5.73 Å². The summed E-state index contributed by atoms with van der Waals surface area (Å²) in [5, 5.41) is 0. The number of rotatable bonds is 8. The first-order chi connectivity index (χ1) is 8.81. The summed E-state index contributed by atoms with van der Waals surface area (Å²) in [4.78, 5) is 2.61. The first-order valence-electron chi connectivity index (χ1n) is 6.96.